The monoisotopic (exact) mass is 399 g/mol. The second-order valence-electron chi connectivity index (χ2n) is 6.89. The van der Waals surface area contributed by atoms with Gasteiger partial charge in [-0.05, 0) is 55.8 Å². The molecule has 0 aromatic heterocycles. The molecule has 154 valence electrons. The predicted molar refractivity (Wildman–Crippen MR) is 109 cm³/mol. The van der Waals surface area contributed by atoms with Crippen LogP contribution in [0.15, 0.2) is 42.5 Å². The minimum atomic E-state index is -0.730. The molecule has 8 nitrogen and oxygen atoms in total. The van der Waals surface area contributed by atoms with Gasteiger partial charge in [-0.15, -0.1) is 0 Å². The Bertz CT molecular complexity index is 863. The van der Waals surface area contributed by atoms with Crippen molar-refractivity contribution in [1.82, 2.24) is 4.90 Å². The molecule has 2 aromatic rings. The van der Waals surface area contributed by atoms with Crippen molar-refractivity contribution >= 4 is 17.3 Å². The number of carbonyl (C=O) groups is 1. The molecule has 1 atom stereocenters. The van der Waals surface area contributed by atoms with Gasteiger partial charge in [0, 0.05) is 18.3 Å². The highest BCUT2D eigenvalue weighted by atomic mass is 16.6. The molecule has 8 heteroatoms. The maximum absolute atomic E-state index is 11.9. The largest absolute Gasteiger partial charge is 0.497 e. The van der Waals surface area contributed by atoms with E-state index in [1.54, 1.807) is 13.2 Å². The number of hydrogen-bond donors (Lipinski definition) is 1. The number of benzene rings is 2. The zero-order chi connectivity index (χ0) is 20.8. The van der Waals surface area contributed by atoms with Crippen molar-refractivity contribution in [3.8, 4) is 5.75 Å². The molecule has 0 radical (unpaired) electrons. The first-order valence-corrected chi connectivity index (χ1v) is 9.52. The molecule has 1 N–H and O–H groups in total. The molecule has 1 saturated heterocycles. The normalized spacial score (nSPS) is 15.0. The molecule has 1 unspecified atom stereocenters. The predicted octanol–water partition coefficient (Wildman–Crippen LogP) is 3.64. The van der Waals surface area contributed by atoms with Gasteiger partial charge in [0.2, 0.25) is 0 Å². The van der Waals surface area contributed by atoms with Crippen LogP contribution in [-0.2, 0) is 4.74 Å². The fourth-order valence-corrected chi connectivity index (χ4v) is 3.63. The summed E-state index contributed by atoms with van der Waals surface area (Å²) in [7, 11) is 2.85. The molecule has 0 amide bonds. The first-order chi connectivity index (χ1) is 14.0. The first kappa shape index (κ1) is 20.6. The molecule has 1 fully saturated rings. The van der Waals surface area contributed by atoms with E-state index in [1.807, 2.05) is 12.1 Å². The van der Waals surface area contributed by atoms with Crippen molar-refractivity contribution in [2.75, 3.05) is 39.2 Å². The highest BCUT2D eigenvalue weighted by Crippen LogP contribution is 2.28. The zero-order valence-corrected chi connectivity index (χ0v) is 16.6. The maximum Gasteiger partial charge on any atom is 0.344 e. The SMILES string of the molecule is COC(=O)c1cc(NCC(c2ccc(OC)cc2)N2CCCC2)ccc1[N+](=O)[O-]. The number of nitrogens with zero attached hydrogens (tertiary/aromatic N) is 2. The van der Waals surface area contributed by atoms with Crippen molar-refractivity contribution in [3.63, 3.8) is 0 Å². The van der Waals surface area contributed by atoms with E-state index in [0.29, 0.717) is 12.2 Å². The van der Waals surface area contributed by atoms with Crippen LogP contribution in [0.2, 0.25) is 0 Å². The molecule has 3 rings (SSSR count). The molecule has 0 bridgehead atoms. The summed E-state index contributed by atoms with van der Waals surface area (Å²) in [5, 5.41) is 14.5. The third-order valence-corrected chi connectivity index (χ3v) is 5.18. The number of nitrogens with one attached hydrogen (secondary N) is 1. The lowest BCUT2D eigenvalue weighted by atomic mass is 10.0. The average Bonchev–Trinajstić information content (AvgIpc) is 3.28. The molecule has 1 aliphatic heterocycles. The number of anilines is 1. The van der Waals surface area contributed by atoms with Crippen LogP contribution in [-0.4, -0.2) is 49.6 Å². The van der Waals surface area contributed by atoms with Gasteiger partial charge in [-0.1, -0.05) is 12.1 Å². The number of rotatable bonds is 8. The Balaban J connectivity index is 1.81. The molecule has 1 aliphatic rings. The van der Waals surface area contributed by atoms with Crippen LogP contribution in [0.25, 0.3) is 0 Å². The van der Waals surface area contributed by atoms with Gasteiger partial charge in [-0.2, -0.15) is 0 Å². The summed E-state index contributed by atoms with van der Waals surface area (Å²) in [6.07, 6.45) is 2.33. The van der Waals surface area contributed by atoms with E-state index in [9.17, 15) is 14.9 Å². The number of nitro benzene ring substituents is 1. The van der Waals surface area contributed by atoms with Crippen LogP contribution in [0.4, 0.5) is 11.4 Å². The van der Waals surface area contributed by atoms with Crippen molar-refractivity contribution in [2.45, 2.75) is 18.9 Å². The fraction of sp³-hybridized carbons (Fsp3) is 0.381. The smallest absolute Gasteiger partial charge is 0.344 e. The van der Waals surface area contributed by atoms with Crippen LogP contribution >= 0.6 is 0 Å². The lowest BCUT2D eigenvalue weighted by Crippen LogP contribution is -2.31. The fourth-order valence-electron chi connectivity index (χ4n) is 3.63. The molecule has 1 heterocycles. The number of likely N-dealkylation sites (tertiary alicyclic amines) is 1. The van der Waals surface area contributed by atoms with Crippen LogP contribution in [0.3, 0.4) is 0 Å². The van der Waals surface area contributed by atoms with Crippen LogP contribution in [0.1, 0.15) is 34.8 Å². The van der Waals surface area contributed by atoms with Gasteiger partial charge in [0.05, 0.1) is 25.2 Å². The Morgan fingerprint density at radius 2 is 1.86 bits per heavy atom. The van der Waals surface area contributed by atoms with Crippen molar-refractivity contribution in [2.24, 2.45) is 0 Å². The van der Waals surface area contributed by atoms with Gasteiger partial charge >= 0.3 is 5.97 Å². The summed E-state index contributed by atoms with van der Waals surface area (Å²) in [4.78, 5) is 25.0. The Morgan fingerprint density at radius 1 is 1.17 bits per heavy atom. The van der Waals surface area contributed by atoms with E-state index in [-0.39, 0.29) is 17.3 Å². The van der Waals surface area contributed by atoms with Crippen molar-refractivity contribution in [1.29, 1.82) is 0 Å². The van der Waals surface area contributed by atoms with E-state index in [4.69, 9.17) is 4.74 Å². The first-order valence-electron chi connectivity index (χ1n) is 9.52. The average molecular weight is 399 g/mol. The van der Waals surface area contributed by atoms with Gasteiger partial charge in [-0.3, -0.25) is 15.0 Å². The van der Waals surface area contributed by atoms with Gasteiger partial charge in [0.15, 0.2) is 0 Å². The molecule has 0 aliphatic carbocycles. The summed E-state index contributed by atoms with van der Waals surface area (Å²) < 4.78 is 9.94. The van der Waals surface area contributed by atoms with E-state index in [2.05, 4.69) is 27.1 Å². The number of carbonyl (C=O) groups excluding carboxylic acids is 1. The van der Waals surface area contributed by atoms with E-state index < -0.39 is 10.9 Å². The van der Waals surface area contributed by atoms with E-state index >= 15 is 0 Å². The molecule has 2 aromatic carbocycles. The van der Waals surface area contributed by atoms with Gasteiger partial charge in [0.25, 0.3) is 5.69 Å². The number of ether oxygens (including phenoxy) is 2. The standard InChI is InChI=1S/C21H25N3O5/c1-28-17-8-5-15(6-9-17)20(23-11-3-4-12-23)14-22-16-7-10-19(24(26)27)18(13-16)21(25)29-2/h5-10,13,20,22H,3-4,11-12,14H2,1-2H3. The molecular formula is C21H25N3O5. The third kappa shape index (κ3) is 4.83. The van der Waals surface area contributed by atoms with E-state index in [1.165, 1.54) is 19.2 Å². The number of hydrogen-bond acceptors (Lipinski definition) is 7. The summed E-state index contributed by atoms with van der Waals surface area (Å²) in [5.41, 5.74) is 1.46. The zero-order valence-electron chi connectivity index (χ0n) is 16.6. The lowest BCUT2D eigenvalue weighted by molar-refractivity contribution is -0.385. The Morgan fingerprint density at radius 3 is 2.45 bits per heavy atom. The quantitative estimate of drug-likeness (QED) is 0.411. The molecule has 0 spiro atoms. The Hall–Kier alpha value is -3.13. The summed E-state index contributed by atoms with van der Waals surface area (Å²) in [5.74, 6) is 0.0755. The summed E-state index contributed by atoms with van der Waals surface area (Å²) >= 11 is 0. The van der Waals surface area contributed by atoms with Crippen LogP contribution in [0, 0.1) is 10.1 Å². The third-order valence-electron chi connectivity index (χ3n) is 5.18. The highest BCUT2D eigenvalue weighted by Gasteiger charge is 2.25. The Kier molecular flexibility index (Phi) is 6.66. The van der Waals surface area contributed by atoms with Crippen molar-refractivity contribution in [3.05, 3.63) is 63.7 Å². The van der Waals surface area contributed by atoms with Crippen LogP contribution < -0.4 is 10.1 Å². The number of methoxy groups -OCH3 is 2. The van der Waals surface area contributed by atoms with Gasteiger partial charge in [0.1, 0.15) is 11.3 Å². The van der Waals surface area contributed by atoms with Crippen molar-refractivity contribution < 1.29 is 19.2 Å². The lowest BCUT2D eigenvalue weighted by Gasteiger charge is -2.28. The maximum atomic E-state index is 11.9. The van der Waals surface area contributed by atoms with Gasteiger partial charge in [-0.25, -0.2) is 4.79 Å². The Labute approximate surface area is 169 Å². The topological polar surface area (TPSA) is 93.9 Å². The molecule has 0 saturated carbocycles. The van der Waals surface area contributed by atoms with Gasteiger partial charge < -0.3 is 14.8 Å². The molecular weight excluding hydrogens is 374 g/mol. The minimum absolute atomic E-state index is 0.0651. The molecule has 29 heavy (non-hydrogen) atoms. The van der Waals surface area contributed by atoms with Crippen LogP contribution in [0.5, 0.6) is 5.75 Å². The number of esters is 1. The second-order valence-corrected chi connectivity index (χ2v) is 6.89. The second kappa shape index (κ2) is 9.38. The summed E-state index contributed by atoms with van der Waals surface area (Å²) in [6.45, 7) is 2.64. The highest BCUT2D eigenvalue weighted by molar-refractivity contribution is 5.95. The summed E-state index contributed by atoms with van der Waals surface area (Å²) in [6, 6.07) is 12.5. The van der Waals surface area contributed by atoms with E-state index in [0.717, 1.165) is 37.2 Å². The number of nitro groups is 1. The minimum Gasteiger partial charge on any atom is -0.497 e.